The summed E-state index contributed by atoms with van der Waals surface area (Å²) in [6.07, 6.45) is 5.21. The minimum atomic E-state index is -3.61. The number of carboxylic acids is 2. The van der Waals surface area contributed by atoms with E-state index < -0.39 is 21.8 Å². The first kappa shape index (κ1) is 31.2. The van der Waals surface area contributed by atoms with Crippen molar-refractivity contribution in [1.29, 1.82) is 0 Å². The molecule has 1 unspecified atom stereocenters. The number of benzene rings is 3. The molecule has 1 heterocycles. The first-order chi connectivity index (χ1) is 20.1. The van der Waals surface area contributed by atoms with Crippen LogP contribution in [0.1, 0.15) is 48.2 Å². The average molecular weight is 610 g/mol. The number of carboxylic acid groups (broad SMARTS) is 2. The van der Waals surface area contributed by atoms with Gasteiger partial charge in [-0.25, -0.2) is 18.0 Å². The van der Waals surface area contributed by atoms with Gasteiger partial charge in [0, 0.05) is 27.5 Å². The molecule has 0 fully saturated rings. The highest BCUT2D eigenvalue weighted by molar-refractivity contribution is 7.92. The van der Waals surface area contributed by atoms with E-state index in [0.29, 0.717) is 34.6 Å². The Hall–Kier alpha value is -3.73. The fourth-order valence-corrected chi connectivity index (χ4v) is 8.48. The number of hydrogen-bond donors (Lipinski definition) is 2. The van der Waals surface area contributed by atoms with Crippen molar-refractivity contribution < 1.29 is 33.0 Å². The smallest absolute Gasteiger partial charge is 0.414 e. The summed E-state index contributed by atoms with van der Waals surface area (Å²) in [6, 6.07) is 23.9. The highest BCUT2D eigenvalue weighted by atomic mass is 32.2. The van der Waals surface area contributed by atoms with E-state index in [0.717, 1.165) is 27.9 Å². The number of aryl methyl sites for hydroxylation is 2. The molecular formula is C32H35NO7S2. The molecule has 0 spiro atoms. The van der Waals surface area contributed by atoms with Gasteiger partial charge in [0.05, 0.1) is 16.4 Å². The molecule has 1 aliphatic rings. The van der Waals surface area contributed by atoms with Crippen LogP contribution in [0.2, 0.25) is 0 Å². The van der Waals surface area contributed by atoms with Crippen LogP contribution in [-0.4, -0.2) is 55.7 Å². The van der Waals surface area contributed by atoms with Crippen molar-refractivity contribution in [3.8, 4) is 5.75 Å². The zero-order valence-electron chi connectivity index (χ0n) is 23.7. The number of hydrogen-bond acceptors (Lipinski definition) is 7. The van der Waals surface area contributed by atoms with Gasteiger partial charge in [-0.1, -0.05) is 49.4 Å². The van der Waals surface area contributed by atoms with Gasteiger partial charge in [0.2, 0.25) is 9.84 Å². The fourth-order valence-electron chi connectivity index (χ4n) is 5.28. The van der Waals surface area contributed by atoms with Crippen LogP contribution in [0.3, 0.4) is 0 Å². The molecule has 0 saturated carbocycles. The molecule has 0 radical (unpaired) electrons. The second-order valence-electron chi connectivity index (χ2n) is 10.1. The molecule has 0 bridgehead atoms. The molecular weight excluding hydrogens is 574 g/mol. The molecule has 1 aliphatic carbocycles. The summed E-state index contributed by atoms with van der Waals surface area (Å²) in [5, 5.41) is 15.6. The van der Waals surface area contributed by atoms with Gasteiger partial charge in [0.1, 0.15) is 5.75 Å². The largest absolute Gasteiger partial charge is 0.494 e. The van der Waals surface area contributed by atoms with E-state index >= 15 is 0 Å². The van der Waals surface area contributed by atoms with Crippen molar-refractivity contribution in [3.05, 3.63) is 88.8 Å². The van der Waals surface area contributed by atoms with Gasteiger partial charge in [0.15, 0.2) is 0 Å². The minimum Gasteiger partial charge on any atom is -0.494 e. The summed E-state index contributed by atoms with van der Waals surface area (Å²) in [5.41, 5.74) is 2.95. The van der Waals surface area contributed by atoms with Gasteiger partial charge in [0.25, 0.3) is 0 Å². The van der Waals surface area contributed by atoms with Crippen LogP contribution in [-0.2, 0) is 32.3 Å². The Labute approximate surface area is 250 Å². The van der Waals surface area contributed by atoms with E-state index in [1.165, 1.54) is 30.4 Å². The predicted molar refractivity (Wildman–Crippen MR) is 163 cm³/mol. The molecule has 0 aliphatic heterocycles. The van der Waals surface area contributed by atoms with Gasteiger partial charge < -0.3 is 14.9 Å². The van der Waals surface area contributed by atoms with Crippen molar-refractivity contribution in [2.45, 2.75) is 54.9 Å². The highest BCUT2D eigenvalue weighted by Gasteiger charge is 2.26. The summed E-state index contributed by atoms with van der Waals surface area (Å²) in [5.74, 6) is -2.95. The Morgan fingerprint density at radius 3 is 2.33 bits per heavy atom. The number of sulfone groups is 1. The third-order valence-corrected chi connectivity index (χ3v) is 10.7. The van der Waals surface area contributed by atoms with Crippen LogP contribution in [0.15, 0.2) is 82.6 Å². The van der Waals surface area contributed by atoms with Crippen molar-refractivity contribution >= 4 is 43.2 Å². The molecule has 10 heteroatoms. The Balaban J connectivity index is 0.000000612. The second-order valence-corrected chi connectivity index (χ2v) is 13.1. The van der Waals surface area contributed by atoms with Crippen LogP contribution in [0.4, 0.5) is 0 Å². The predicted octanol–water partition coefficient (Wildman–Crippen LogP) is 6.23. The Kier molecular flexibility index (Phi) is 10.4. The van der Waals surface area contributed by atoms with E-state index in [9.17, 15) is 8.42 Å². The summed E-state index contributed by atoms with van der Waals surface area (Å²) in [6.45, 7) is 3.56. The van der Waals surface area contributed by atoms with Crippen LogP contribution in [0, 0.1) is 0 Å². The van der Waals surface area contributed by atoms with Crippen LogP contribution < -0.4 is 4.74 Å². The van der Waals surface area contributed by atoms with Crippen LogP contribution in [0.5, 0.6) is 5.75 Å². The normalized spacial score (nSPS) is 14.6. The van der Waals surface area contributed by atoms with Gasteiger partial charge in [-0.15, -0.1) is 11.3 Å². The zero-order valence-corrected chi connectivity index (χ0v) is 25.3. The number of ether oxygens (including phenoxy) is 1. The maximum atomic E-state index is 13.5. The number of fused-ring (bicyclic) bond motifs is 2. The number of carbonyl (C=O) groups is 2. The van der Waals surface area contributed by atoms with E-state index in [1.807, 2.05) is 31.2 Å². The van der Waals surface area contributed by atoms with Crippen molar-refractivity contribution in [2.24, 2.45) is 0 Å². The zero-order chi connectivity index (χ0) is 30.3. The maximum absolute atomic E-state index is 13.5. The lowest BCUT2D eigenvalue weighted by molar-refractivity contribution is -0.159. The quantitative estimate of drug-likeness (QED) is 0.169. The van der Waals surface area contributed by atoms with Crippen LogP contribution in [0.25, 0.3) is 10.1 Å². The molecule has 0 saturated heterocycles. The van der Waals surface area contributed by atoms with Gasteiger partial charge >= 0.3 is 11.9 Å². The monoisotopic (exact) mass is 609 g/mol. The lowest BCUT2D eigenvalue weighted by Crippen LogP contribution is -2.29. The van der Waals surface area contributed by atoms with Gasteiger partial charge in [-0.05, 0) is 80.6 Å². The molecule has 3 aromatic carbocycles. The standard InChI is InChI=1S/C30H33NO3S2.C2H2O4/c1-3-28-30(26-13-6-7-15-29(26)35-28)36(32,33)24-18-16-23(17-19-24)34-21-9-20-31(2)27-14-8-11-22-10-4-5-12-25(22)27;3-1(4)2(5)6/h4-7,10,12-13,15-19,27H,3,8-9,11,14,20-21H2,1-2H3;(H,3,4)(H,5,6). The van der Waals surface area contributed by atoms with Gasteiger partial charge in [-0.2, -0.15) is 0 Å². The van der Waals surface area contributed by atoms with Crippen molar-refractivity contribution in [1.82, 2.24) is 4.90 Å². The topological polar surface area (TPSA) is 121 Å². The summed E-state index contributed by atoms with van der Waals surface area (Å²) < 4.78 is 34.0. The number of nitrogens with zero attached hydrogens (tertiary/aromatic N) is 1. The molecule has 8 nitrogen and oxygen atoms in total. The van der Waals surface area contributed by atoms with Crippen LogP contribution >= 0.6 is 11.3 Å². The number of thiophene rings is 1. The Bertz CT molecular complexity index is 1630. The summed E-state index contributed by atoms with van der Waals surface area (Å²) in [4.78, 5) is 22.3. The highest BCUT2D eigenvalue weighted by Crippen LogP contribution is 2.38. The molecule has 42 heavy (non-hydrogen) atoms. The third-order valence-electron chi connectivity index (χ3n) is 7.32. The molecule has 4 aromatic rings. The lowest BCUT2D eigenvalue weighted by Gasteiger charge is -2.33. The molecule has 1 aromatic heterocycles. The summed E-state index contributed by atoms with van der Waals surface area (Å²) >= 11 is 1.56. The first-order valence-electron chi connectivity index (χ1n) is 13.9. The van der Waals surface area contributed by atoms with E-state index in [-0.39, 0.29) is 0 Å². The third kappa shape index (κ3) is 7.18. The maximum Gasteiger partial charge on any atom is 0.414 e. The Morgan fingerprint density at radius 2 is 1.64 bits per heavy atom. The average Bonchev–Trinajstić information content (AvgIpc) is 3.39. The fraction of sp³-hybridized carbons (Fsp3) is 0.312. The van der Waals surface area contributed by atoms with Gasteiger partial charge in [-0.3, -0.25) is 4.90 Å². The Morgan fingerprint density at radius 1 is 0.976 bits per heavy atom. The minimum absolute atomic E-state index is 0.309. The van der Waals surface area contributed by atoms with Crippen molar-refractivity contribution in [3.63, 3.8) is 0 Å². The number of rotatable bonds is 9. The molecule has 0 amide bonds. The summed E-state index contributed by atoms with van der Waals surface area (Å²) in [7, 11) is -1.41. The molecule has 1 atom stereocenters. The molecule has 5 rings (SSSR count). The van der Waals surface area contributed by atoms with Crippen molar-refractivity contribution in [2.75, 3.05) is 20.2 Å². The molecule has 222 valence electrons. The second kappa shape index (κ2) is 14.0. The lowest BCUT2D eigenvalue weighted by atomic mass is 9.87. The number of aliphatic carboxylic acids is 2. The first-order valence-corrected chi connectivity index (χ1v) is 16.2. The van der Waals surface area contributed by atoms with E-state index in [1.54, 1.807) is 35.6 Å². The molecule has 2 N–H and O–H groups in total. The van der Waals surface area contributed by atoms with E-state index in [4.69, 9.17) is 24.5 Å². The SMILES string of the molecule is CCc1sc2ccccc2c1S(=O)(=O)c1ccc(OCCCN(C)C2CCCc3ccccc32)cc1.O=C(O)C(=O)O. The van der Waals surface area contributed by atoms with E-state index in [2.05, 4.69) is 36.2 Å².